The molecule has 1 saturated heterocycles. The van der Waals surface area contributed by atoms with E-state index in [-0.39, 0.29) is 30.5 Å². The van der Waals surface area contributed by atoms with Gasteiger partial charge in [0.15, 0.2) is 12.1 Å². The maximum atomic E-state index is 11.7. The molecule has 1 aliphatic heterocycles. The maximum Gasteiger partial charge on any atom is 0.313 e. The number of hydrogen-bond acceptors (Lipinski definition) is 5. The molecule has 0 aromatic heterocycles. The van der Waals surface area contributed by atoms with Gasteiger partial charge in [0, 0.05) is 12.0 Å². The highest BCUT2D eigenvalue weighted by Gasteiger charge is 2.20. The fraction of sp³-hybridized carbons (Fsp3) is 0.647. The molecule has 1 heterocycles. The van der Waals surface area contributed by atoms with Crippen molar-refractivity contribution in [3.05, 3.63) is 24.8 Å². The first-order chi connectivity index (χ1) is 10.4. The Hall–Kier alpha value is -1.46. The summed E-state index contributed by atoms with van der Waals surface area (Å²) in [6.07, 6.45) is 7.35. The van der Waals surface area contributed by atoms with Gasteiger partial charge in [-0.25, -0.2) is 0 Å². The molecule has 0 N–H and O–H groups in total. The van der Waals surface area contributed by atoms with Crippen molar-refractivity contribution in [3.63, 3.8) is 0 Å². The van der Waals surface area contributed by atoms with Gasteiger partial charge in [-0.2, -0.15) is 0 Å². The Morgan fingerprint density at radius 3 is 2.77 bits per heavy atom. The molecule has 1 unspecified atom stereocenters. The molecule has 0 radical (unpaired) electrons. The van der Waals surface area contributed by atoms with E-state index in [0.717, 1.165) is 25.9 Å². The van der Waals surface area contributed by atoms with E-state index in [1.165, 1.54) is 12.2 Å². The second kappa shape index (κ2) is 9.54. The van der Waals surface area contributed by atoms with Gasteiger partial charge in [-0.15, -0.1) is 0 Å². The summed E-state index contributed by atoms with van der Waals surface area (Å²) < 4.78 is 16.0. The van der Waals surface area contributed by atoms with Gasteiger partial charge in [-0.05, 0) is 25.3 Å². The summed E-state index contributed by atoms with van der Waals surface area (Å²) in [4.78, 5) is 23.0. The molecule has 0 aliphatic carbocycles. The lowest BCUT2D eigenvalue weighted by molar-refractivity contribution is -0.172. The summed E-state index contributed by atoms with van der Waals surface area (Å²) in [6, 6.07) is 0. The zero-order valence-corrected chi connectivity index (χ0v) is 13.5. The molecule has 22 heavy (non-hydrogen) atoms. The van der Waals surface area contributed by atoms with Crippen LogP contribution in [0, 0.1) is 5.41 Å². The van der Waals surface area contributed by atoms with Crippen molar-refractivity contribution in [2.75, 3.05) is 19.8 Å². The smallest absolute Gasteiger partial charge is 0.313 e. The molecule has 0 spiro atoms. The van der Waals surface area contributed by atoms with Gasteiger partial charge < -0.3 is 14.2 Å². The fourth-order valence-corrected chi connectivity index (χ4v) is 1.92. The van der Waals surface area contributed by atoms with Crippen molar-refractivity contribution < 1.29 is 23.8 Å². The van der Waals surface area contributed by atoms with Gasteiger partial charge in [0.05, 0.1) is 6.61 Å². The third kappa shape index (κ3) is 8.10. The van der Waals surface area contributed by atoms with Crippen LogP contribution >= 0.6 is 0 Å². The minimum Gasteiger partial charge on any atom is -0.461 e. The van der Waals surface area contributed by atoms with Gasteiger partial charge in [0.1, 0.15) is 13.0 Å². The van der Waals surface area contributed by atoms with E-state index in [1.807, 2.05) is 13.8 Å². The quantitative estimate of drug-likeness (QED) is 0.284. The summed E-state index contributed by atoms with van der Waals surface area (Å²) in [5, 5.41) is 0. The number of ether oxygens (including phenoxy) is 3. The van der Waals surface area contributed by atoms with E-state index in [0.29, 0.717) is 6.61 Å². The normalized spacial score (nSPS) is 19.1. The van der Waals surface area contributed by atoms with Gasteiger partial charge in [-0.1, -0.05) is 32.6 Å². The Labute approximate surface area is 132 Å². The number of rotatable bonds is 9. The van der Waals surface area contributed by atoms with Gasteiger partial charge >= 0.3 is 5.97 Å². The van der Waals surface area contributed by atoms with Crippen molar-refractivity contribution in [2.24, 2.45) is 5.41 Å². The zero-order chi connectivity index (χ0) is 16.4. The van der Waals surface area contributed by atoms with Crippen molar-refractivity contribution >= 4 is 11.8 Å². The zero-order valence-electron chi connectivity index (χ0n) is 13.5. The van der Waals surface area contributed by atoms with Crippen molar-refractivity contribution in [3.8, 4) is 0 Å². The second-order valence-electron chi connectivity index (χ2n) is 6.04. The Balaban J connectivity index is 2.33. The topological polar surface area (TPSA) is 61.8 Å². The molecule has 124 valence electrons. The molecule has 5 heteroatoms. The number of hydrogen-bond donors (Lipinski definition) is 0. The molecule has 0 amide bonds. The van der Waals surface area contributed by atoms with Gasteiger partial charge in [0.2, 0.25) is 0 Å². The van der Waals surface area contributed by atoms with Crippen LogP contribution in [0.2, 0.25) is 0 Å². The highest BCUT2D eigenvalue weighted by Crippen LogP contribution is 2.21. The molecular formula is C17H26O5. The average molecular weight is 310 g/mol. The number of carbonyl (C=O) groups is 2. The molecule has 0 bridgehead atoms. The third-order valence-electron chi connectivity index (χ3n) is 3.18. The molecule has 1 fully saturated rings. The summed E-state index contributed by atoms with van der Waals surface area (Å²) in [5.74, 6) is -0.824. The van der Waals surface area contributed by atoms with Crippen molar-refractivity contribution in [2.45, 2.75) is 45.8 Å². The first kappa shape index (κ1) is 18.6. The molecule has 1 rings (SSSR count). The fourth-order valence-electron chi connectivity index (χ4n) is 1.92. The van der Waals surface area contributed by atoms with E-state index in [9.17, 15) is 9.59 Å². The Bertz CT molecular complexity index is 405. The lowest BCUT2D eigenvalue weighted by Crippen LogP contribution is -2.27. The van der Waals surface area contributed by atoms with Crippen LogP contribution in [0.25, 0.3) is 0 Å². The Kier molecular flexibility index (Phi) is 8.06. The molecule has 5 nitrogen and oxygen atoms in total. The Morgan fingerprint density at radius 2 is 2.14 bits per heavy atom. The lowest BCUT2D eigenvalue weighted by Gasteiger charge is -2.27. The van der Waals surface area contributed by atoms with E-state index in [4.69, 9.17) is 14.2 Å². The van der Waals surface area contributed by atoms with Gasteiger partial charge in [0.25, 0.3) is 0 Å². The summed E-state index contributed by atoms with van der Waals surface area (Å²) in [7, 11) is 0. The highest BCUT2D eigenvalue weighted by atomic mass is 16.7. The van der Waals surface area contributed by atoms with Crippen molar-refractivity contribution in [1.29, 1.82) is 0 Å². The monoisotopic (exact) mass is 310 g/mol. The summed E-state index contributed by atoms with van der Waals surface area (Å²) >= 11 is 0. The summed E-state index contributed by atoms with van der Waals surface area (Å²) in [6.45, 7) is 8.70. The van der Waals surface area contributed by atoms with Crippen LogP contribution in [-0.2, 0) is 23.8 Å². The van der Waals surface area contributed by atoms with E-state index in [1.54, 1.807) is 6.08 Å². The van der Waals surface area contributed by atoms with Gasteiger partial charge in [-0.3, -0.25) is 9.59 Å². The van der Waals surface area contributed by atoms with Crippen LogP contribution in [0.5, 0.6) is 0 Å². The Morgan fingerprint density at radius 1 is 1.36 bits per heavy atom. The van der Waals surface area contributed by atoms with E-state index in [2.05, 4.69) is 6.58 Å². The lowest BCUT2D eigenvalue weighted by atomic mass is 9.93. The van der Waals surface area contributed by atoms with Crippen LogP contribution in [-0.4, -0.2) is 37.9 Å². The molecule has 1 aliphatic rings. The molecule has 0 saturated carbocycles. The second-order valence-corrected chi connectivity index (χ2v) is 6.04. The largest absolute Gasteiger partial charge is 0.461 e. The number of ketones is 1. The average Bonchev–Trinajstić information content (AvgIpc) is 2.50. The first-order valence-corrected chi connectivity index (χ1v) is 7.65. The maximum absolute atomic E-state index is 11.7. The van der Waals surface area contributed by atoms with E-state index >= 15 is 0 Å². The molecular weight excluding hydrogens is 284 g/mol. The third-order valence-corrected chi connectivity index (χ3v) is 3.18. The van der Waals surface area contributed by atoms with E-state index < -0.39 is 5.97 Å². The predicted octanol–water partition coefficient (Wildman–Crippen LogP) is 2.80. The van der Waals surface area contributed by atoms with Crippen LogP contribution in [0.1, 0.15) is 39.5 Å². The number of carbonyl (C=O) groups excluding carboxylic acids is 2. The van der Waals surface area contributed by atoms with Crippen LogP contribution < -0.4 is 0 Å². The first-order valence-electron chi connectivity index (χ1n) is 7.65. The minimum absolute atomic E-state index is 0.122. The number of allylic oxidation sites excluding steroid dienone is 1. The minimum atomic E-state index is -0.542. The van der Waals surface area contributed by atoms with Crippen LogP contribution in [0.4, 0.5) is 0 Å². The molecule has 0 aromatic carbocycles. The van der Waals surface area contributed by atoms with Crippen LogP contribution in [0.15, 0.2) is 24.8 Å². The SMILES string of the molecule is C=CCOC(=O)CC(=O)/C=C/C(C)(C)COC1CCCCO1. The standard InChI is InChI=1S/C17H26O5/c1-4-10-20-15(19)12-14(18)8-9-17(2,3)13-22-16-7-5-6-11-21-16/h4,8-9,16H,1,5-7,10-13H2,2-3H3/b9-8+. The van der Waals surface area contributed by atoms with Crippen LogP contribution in [0.3, 0.4) is 0 Å². The summed E-state index contributed by atoms with van der Waals surface area (Å²) in [5.41, 5.74) is -0.304. The predicted molar refractivity (Wildman–Crippen MR) is 83.2 cm³/mol. The van der Waals surface area contributed by atoms with Crippen molar-refractivity contribution in [1.82, 2.24) is 0 Å². The molecule has 0 aromatic rings. The molecule has 1 atom stereocenters. The highest BCUT2D eigenvalue weighted by molar-refractivity contribution is 6.01. The number of esters is 1.